The molecular weight excluding hydrogens is 198 g/mol. The first-order valence-corrected chi connectivity index (χ1v) is 4.57. The molecule has 82 valence electrons. The van der Waals surface area contributed by atoms with Crippen LogP contribution >= 0.6 is 0 Å². The van der Waals surface area contributed by atoms with Gasteiger partial charge in [-0.2, -0.15) is 0 Å². The van der Waals surface area contributed by atoms with E-state index in [2.05, 4.69) is 15.3 Å². The molecule has 0 unspecified atom stereocenters. The Hall–Kier alpha value is -1.85. The van der Waals surface area contributed by atoms with E-state index in [4.69, 9.17) is 9.84 Å². The quantitative estimate of drug-likeness (QED) is 0.748. The lowest BCUT2D eigenvalue weighted by Gasteiger charge is -2.10. The number of ether oxygens (including phenoxy) is 1. The van der Waals surface area contributed by atoms with Gasteiger partial charge in [0.05, 0.1) is 6.61 Å². The Morgan fingerprint density at radius 3 is 3.00 bits per heavy atom. The van der Waals surface area contributed by atoms with Crippen molar-refractivity contribution in [3.8, 4) is 5.88 Å². The summed E-state index contributed by atoms with van der Waals surface area (Å²) in [5.74, 6) is -0.0810. The fourth-order valence-corrected chi connectivity index (χ4v) is 0.929. The van der Waals surface area contributed by atoms with Crippen molar-refractivity contribution in [2.45, 2.75) is 19.9 Å². The molecule has 0 radical (unpaired) electrons. The second-order valence-corrected chi connectivity index (χ2v) is 2.88. The first-order chi connectivity index (χ1) is 7.13. The highest BCUT2D eigenvalue weighted by atomic mass is 16.5. The third-order valence-corrected chi connectivity index (χ3v) is 1.67. The standard InChI is InChI=1S/C9H13N3O3/c1-3-15-8-4-7(10-5-11-8)12-6(2)9(13)14/h4-6H,3H2,1-2H3,(H,13,14)(H,10,11,12)/t6-/m0/s1. The number of carbonyl (C=O) groups is 1. The molecule has 1 heterocycles. The molecule has 0 aromatic carbocycles. The number of anilines is 1. The molecule has 2 N–H and O–H groups in total. The van der Waals surface area contributed by atoms with Crippen molar-refractivity contribution in [1.29, 1.82) is 0 Å². The lowest BCUT2D eigenvalue weighted by Crippen LogP contribution is -2.25. The predicted octanol–water partition coefficient (Wildman–Crippen LogP) is 0.760. The molecule has 6 heteroatoms. The van der Waals surface area contributed by atoms with E-state index in [0.29, 0.717) is 18.3 Å². The molecule has 0 amide bonds. The summed E-state index contributed by atoms with van der Waals surface area (Å²) >= 11 is 0. The molecule has 0 aliphatic carbocycles. The third-order valence-electron chi connectivity index (χ3n) is 1.67. The van der Waals surface area contributed by atoms with Crippen LogP contribution in [0.15, 0.2) is 12.4 Å². The average Bonchev–Trinajstić information content (AvgIpc) is 2.18. The molecule has 0 aliphatic rings. The molecule has 0 saturated heterocycles. The highest BCUT2D eigenvalue weighted by molar-refractivity contribution is 5.76. The van der Waals surface area contributed by atoms with Crippen molar-refractivity contribution in [2.24, 2.45) is 0 Å². The molecule has 1 aromatic heterocycles. The molecule has 1 rings (SSSR count). The Balaban J connectivity index is 2.68. The average molecular weight is 211 g/mol. The maximum atomic E-state index is 10.6. The molecule has 15 heavy (non-hydrogen) atoms. The molecule has 6 nitrogen and oxygen atoms in total. The first-order valence-electron chi connectivity index (χ1n) is 4.57. The van der Waals surface area contributed by atoms with E-state index >= 15 is 0 Å². The lowest BCUT2D eigenvalue weighted by atomic mass is 10.3. The van der Waals surface area contributed by atoms with Gasteiger partial charge in [-0.05, 0) is 13.8 Å². The summed E-state index contributed by atoms with van der Waals surface area (Å²) in [6, 6.07) is 0.859. The van der Waals surface area contributed by atoms with Gasteiger partial charge in [0.25, 0.3) is 0 Å². The summed E-state index contributed by atoms with van der Waals surface area (Å²) in [7, 11) is 0. The maximum absolute atomic E-state index is 10.6. The Kier molecular flexibility index (Phi) is 3.84. The van der Waals surface area contributed by atoms with Gasteiger partial charge in [-0.3, -0.25) is 4.79 Å². The number of nitrogens with one attached hydrogen (secondary N) is 1. The number of rotatable bonds is 5. The molecule has 1 atom stereocenters. The summed E-state index contributed by atoms with van der Waals surface area (Å²) in [6.07, 6.45) is 1.32. The Bertz CT molecular complexity index is 343. The van der Waals surface area contributed by atoms with Gasteiger partial charge in [0.1, 0.15) is 18.2 Å². The first kappa shape index (κ1) is 11.2. The van der Waals surface area contributed by atoms with Crippen LogP contribution in [-0.2, 0) is 4.79 Å². The number of aromatic nitrogens is 2. The van der Waals surface area contributed by atoms with Crippen LogP contribution in [0.3, 0.4) is 0 Å². The number of carboxylic acid groups (broad SMARTS) is 1. The van der Waals surface area contributed by atoms with Gasteiger partial charge in [0, 0.05) is 6.07 Å². The van der Waals surface area contributed by atoms with Gasteiger partial charge in [-0.15, -0.1) is 0 Å². The second kappa shape index (κ2) is 5.14. The summed E-state index contributed by atoms with van der Waals surface area (Å²) in [4.78, 5) is 18.3. The summed E-state index contributed by atoms with van der Waals surface area (Å²) in [5.41, 5.74) is 0. The molecule has 0 saturated carbocycles. The summed E-state index contributed by atoms with van der Waals surface area (Å²) < 4.78 is 5.15. The fourth-order valence-electron chi connectivity index (χ4n) is 0.929. The highest BCUT2D eigenvalue weighted by Gasteiger charge is 2.11. The molecule has 0 bridgehead atoms. The van der Waals surface area contributed by atoms with Crippen molar-refractivity contribution >= 4 is 11.8 Å². The zero-order chi connectivity index (χ0) is 11.3. The van der Waals surface area contributed by atoms with Crippen LogP contribution in [0.25, 0.3) is 0 Å². The van der Waals surface area contributed by atoms with E-state index in [1.54, 1.807) is 6.07 Å². The van der Waals surface area contributed by atoms with E-state index in [1.807, 2.05) is 6.92 Å². The van der Waals surface area contributed by atoms with Crippen LogP contribution in [0, 0.1) is 0 Å². The predicted molar refractivity (Wildman–Crippen MR) is 53.9 cm³/mol. The van der Waals surface area contributed by atoms with Gasteiger partial charge in [0.15, 0.2) is 0 Å². The number of hydrogen-bond donors (Lipinski definition) is 2. The van der Waals surface area contributed by atoms with Gasteiger partial charge < -0.3 is 15.2 Å². The van der Waals surface area contributed by atoms with Gasteiger partial charge in [-0.1, -0.05) is 0 Å². The SMILES string of the molecule is CCOc1cc(N[C@@H](C)C(=O)O)ncn1. The fraction of sp³-hybridized carbons (Fsp3) is 0.444. The largest absolute Gasteiger partial charge is 0.480 e. The van der Waals surface area contributed by atoms with Crippen molar-refractivity contribution in [1.82, 2.24) is 9.97 Å². The van der Waals surface area contributed by atoms with Crippen LogP contribution < -0.4 is 10.1 Å². The van der Waals surface area contributed by atoms with Crippen LogP contribution in [0.4, 0.5) is 5.82 Å². The zero-order valence-corrected chi connectivity index (χ0v) is 8.60. The molecular formula is C9H13N3O3. The number of aliphatic carboxylic acids is 1. The minimum atomic E-state index is -0.938. The van der Waals surface area contributed by atoms with Crippen molar-refractivity contribution in [3.05, 3.63) is 12.4 Å². The molecule has 0 aliphatic heterocycles. The van der Waals surface area contributed by atoms with E-state index in [1.165, 1.54) is 13.3 Å². The van der Waals surface area contributed by atoms with Crippen molar-refractivity contribution < 1.29 is 14.6 Å². The Morgan fingerprint density at radius 2 is 2.40 bits per heavy atom. The summed E-state index contributed by atoms with van der Waals surface area (Å²) in [5, 5.41) is 11.4. The normalized spacial score (nSPS) is 11.9. The van der Waals surface area contributed by atoms with Crippen LogP contribution in [0.1, 0.15) is 13.8 Å². The van der Waals surface area contributed by atoms with E-state index < -0.39 is 12.0 Å². The van der Waals surface area contributed by atoms with Crippen LogP contribution in [-0.4, -0.2) is 33.7 Å². The van der Waals surface area contributed by atoms with Gasteiger partial charge in [0.2, 0.25) is 5.88 Å². The monoisotopic (exact) mass is 211 g/mol. The van der Waals surface area contributed by atoms with Crippen molar-refractivity contribution in [2.75, 3.05) is 11.9 Å². The Morgan fingerprint density at radius 1 is 1.67 bits per heavy atom. The lowest BCUT2D eigenvalue weighted by molar-refractivity contribution is -0.137. The van der Waals surface area contributed by atoms with E-state index in [9.17, 15) is 4.79 Å². The number of carboxylic acids is 1. The topological polar surface area (TPSA) is 84.3 Å². The minimum absolute atomic E-state index is 0.424. The molecule has 0 fully saturated rings. The van der Waals surface area contributed by atoms with Gasteiger partial charge in [-0.25, -0.2) is 9.97 Å². The molecule has 1 aromatic rings. The van der Waals surface area contributed by atoms with Crippen LogP contribution in [0.2, 0.25) is 0 Å². The van der Waals surface area contributed by atoms with E-state index in [0.717, 1.165) is 0 Å². The number of nitrogens with zero attached hydrogens (tertiary/aromatic N) is 2. The Labute approximate surface area is 87.3 Å². The molecule has 0 spiro atoms. The second-order valence-electron chi connectivity index (χ2n) is 2.88. The van der Waals surface area contributed by atoms with E-state index in [-0.39, 0.29) is 0 Å². The minimum Gasteiger partial charge on any atom is -0.480 e. The van der Waals surface area contributed by atoms with Gasteiger partial charge >= 0.3 is 5.97 Å². The van der Waals surface area contributed by atoms with Crippen LogP contribution in [0.5, 0.6) is 5.88 Å². The maximum Gasteiger partial charge on any atom is 0.325 e. The third kappa shape index (κ3) is 3.41. The smallest absolute Gasteiger partial charge is 0.325 e. The van der Waals surface area contributed by atoms with Crippen molar-refractivity contribution in [3.63, 3.8) is 0 Å². The highest BCUT2D eigenvalue weighted by Crippen LogP contribution is 2.11. The number of hydrogen-bond acceptors (Lipinski definition) is 5. The zero-order valence-electron chi connectivity index (χ0n) is 8.60. The summed E-state index contributed by atoms with van der Waals surface area (Å²) in [6.45, 7) is 3.88.